The predicted octanol–water partition coefficient (Wildman–Crippen LogP) is 1.03. The molecule has 0 aromatic carbocycles. The topological polar surface area (TPSA) is 46.5 Å². The summed E-state index contributed by atoms with van der Waals surface area (Å²) >= 11 is 1.31. The van der Waals surface area contributed by atoms with E-state index in [4.69, 9.17) is 9.84 Å². The molecule has 0 spiro atoms. The molecule has 0 saturated heterocycles. The van der Waals surface area contributed by atoms with E-state index in [1.54, 1.807) is 17.5 Å². The molecule has 4 heteroatoms. The van der Waals surface area contributed by atoms with Crippen molar-refractivity contribution in [2.75, 3.05) is 0 Å². The van der Waals surface area contributed by atoms with E-state index in [9.17, 15) is 4.79 Å². The Morgan fingerprint density at radius 2 is 2.55 bits per heavy atom. The number of hydrogen-bond donors (Lipinski definition) is 1. The molecule has 0 radical (unpaired) electrons. The van der Waals surface area contributed by atoms with Gasteiger partial charge >= 0.3 is 5.97 Å². The summed E-state index contributed by atoms with van der Waals surface area (Å²) in [7, 11) is 0. The van der Waals surface area contributed by atoms with Crippen molar-refractivity contribution in [3.63, 3.8) is 0 Å². The van der Waals surface area contributed by atoms with Gasteiger partial charge < -0.3 is 9.84 Å². The van der Waals surface area contributed by atoms with Crippen molar-refractivity contribution in [2.24, 2.45) is 0 Å². The van der Waals surface area contributed by atoms with Gasteiger partial charge in [-0.1, -0.05) is 0 Å². The normalized spacial score (nSPS) is 12.5. The second-order valence-corrected chi connectivity index (χ2v) is 2.94. The van der Waals surface area contributed by atoms with Crippen LogP contribution in [-0.2, 0) is 4.79 Å². The first-order chi connectivity index (χ1) is 5.20. The van der Waals surface area contributed by atoms with Crippen LogP contribution in [0.25, 0.3) is 0 Å². The fourth-order valence-electron chi connectivity index (χ4n) is 0.506. The molecule has 1 atom stereocenters. The SMILES string of the molecule is C[C@@H](O)C(=O)Oc1cccs1. The van der Waals surface area contributed by atoms with Gasteiger partial charge in [0.05, 0.1) is 0 Å². The zero-order valence-corrected chi connectivity index (χ0v) is 6.80. The summed E-state index contributed by atoms with van der Waals surface area (Å²) in [6, 6.07) is 3.44. The average molecular weight is 172 g/mol. The van der Waals surface area contributed by atoms with Crippen LogP contribution >= 0.6 is 11.3 Å². The van der Waals surface area contributed by atoms with E-state index < -0.39 is 12.1 Å². The first-order valence-electron chi connectivity index (χ1n) is 3.13. The fourth-order valence-corrected chi connectivity index (χ4v) is 1.08. The number of carbonyl (C=O) groups is 1. The molecular weight excluding hydrogens is 164 g/mol. The van der Waals surface area contributed by atoms with Gasteiger partial charge in [0.2, 0.25) is 0 Å². The molecule has 60 valence electrons. The molecule has 1 N–H and O–H groups in total. The molecule has 0 aliphatic carbocycles. The highest BCUT2D eigenvalue weighted by atomic mass is 32.1. The Morgan fingerprint density at radius 3 is 3.00 bits per heavy atom. The first kappa shape index (κ1) is 8.23. The molecular formula is C7H8O3S. The first-order valence-corrected chi connectivity index (χ1v) is 4.01. The lowest BCUT2D eigenvalue weighted by Crippen LogP contribution is -2.21. The minimum atomic E-state index is -1.06. The van der Waals surface area contributed by atoms with Crippen LogP contribution in [0.15, 0.2) is 17.5 Å². The number of esters is 1. The zero-order valence-electron chi connectivity index (χ0n) is 5.98. The zero-order chi connectivity index (χ0) is 8.27. The number of thiophene rings is 1. The standard InChI is InChI=1S/C7H8O3S/c1-5(8)7(9)10-6-3-2-4-11-6/h2-5,8H,1H3/t5-/m1/s1. The minimum absolute atomic E-state index is 0.510. The molecule has 1 aromatic heterocycles. The van der Waals surface area contributed by atoms with E-state index in [1.165, 1.54) is 18.3 Å². The molecule has 11 heavy (non-hydrogen) atoms. The summed E-state index contributed by atoms with van der Waals surface area (Å²) in [5.41, 5.74) is 0. The van der Waals surface area contributed by atoms with Crippen LogP contribution in [0.5, 0.6) is 5.06 Å². The highest BCUT2D eigenvalue weighted by Gasteiger charge is 2.11. The second kappa shape index (κ2) is 3.50. The summed E-state index contributed by atoms with van der Waals surface area (Å²) in [5.74, 6) is -0.618. The summed E-state index contributed by atoms with van der Waals surface area (Å²) < 4.78 is 4.75. The maximum absolute atomic E-state index is 10.7. The van der Waals surface area contributed by atoms with Crippen molar-refractivity contribution in [3.05, 3.63) is 17.5 Å². The summed E-state index contributed by atoms with van der Waals surface area (Å²) in [5, 5.41) is 11.1. The molecule has 0 unspecified atom stereocenters. The maximum Gasteiger partial charge on any atom is 0.340 e. The number of carbonyl (C=O) groups excluding carboxylic acids is 1. The molecule has 1 heterocycles. The average Bonchev–Trinajstić information content (AvgIpc) is 2.39. The van der Waals surface area contributed by atoms with Gasteiger partial charge in [-0.2, -0.15) is 0 Å². The Labute approximate surface area is 68.2 Å². The van der Waals surface area contributed by atoms with E-state index in [2.05, 4.69) is 0 Å². The molecule has 1 aromatic rings. The lowest BCUT2D eigenvalue weighted by molar-refractivity contribution is -0.142. The third kappa shape index (κ3) is 2.32. The Kier molecular flexibility index (Phi) is 2.62. The van der Waals surface area contributed by atoms with Crippen LogP contribution in [0, 0.1) is 0 Å². The Hall–Kier alpha value is -0.870. The van der Waals surface area contributed by atoms with E-state index in [1.807, 2.05) is 0 Å². The largest absolute Gasteiger partial charge is 0.414 e. The van der Waals surface area contributed by atoms with E-state index in [0.717, 1.165) is 0 Å². The van der Waals surface area contributed by atoms with Crippen molar-refractivity contribution in [1.29, 1.82) is 0 Å². The third-order valence-electron chi connectivity index (χ3n) is 1.04. The van der Waals surface area contributed by atoms with Crippen LogP contribution in [-0.4, -0.2) is 17.2 Å². The molecule has 1 rings (SSSR count). The summed E-state index contributed by atoms with van der Waals surface area (Å²) in [4.78, 5) is 10.7. The Morgan fingerprint density at radius 1 is 1.82 bits per heavy atom. The highest BCUT2D eigenvalue weighted by molar-refractivity contribution is 7.11. The monoisotopic (exact) mass is 172 g/mol. The van der Waals surface area contributed by atoms with Gasteiger partial charge in [-0.05, 0) is 24.4 Å². The van der Waals surface area contributed by atoms with Crippen LogP contribution < -0.4 is 4.74 Å². The second-order valence-electron chi connectivity index (χ2n) is 2.03. The van der Waals surface area contributed by atoms with Gasteiger partial charge in [0.15, 0.2) is 5.06 Å². The Bertz CT molecular complexity index is 228. The smallest absolute Gasteiger partial charge is 0.340 e. The van der Waals surface area contributed by atoms with E-state index in [-0.39, 0.29) is 0 Å². The summed E-state index contributed by atoms with van der Waals surface area (Å²) in [6.07, 6.45) is -1.06. The number of aliphatic hydroxyl groups excluding tert-OH is 1. The maximum atomic E-state index is 10.7. The van der Waals surface area contributed by atoms with Crippen LogP contribution in [0.2, 0.25) is 0 Å². The number of hydrogen-bond acceptors (Lipinski definition) is 4. The third-order valence-corrected chi connectivity index (χ3v) is 1.78. The lowest BCUT2D eigenvalue weighted by Gasteiger charge is -2.01. The van der Waals surface area contributed by atoms with Crippen LogP contribution in [0.4, 0.5) is 0 Å². The van der Waals surface area contributed by atoms with Crippen molar-refractivity contribution in [3.8, 4) is 5.06 Å². The molecule has 3 nitrogen and oxygen atoms in total. The van der Waals surface area contributed by atoms with E-state index >= 15 is 0 Å². The van der Waals surface area contributed by atoms with Gasteiger partial charge in [-0.25, -0.2) is 4.79 Å². The molecule has 0 saturated carbocycles. The highest BCUT2D eigenvalue weighted by Crippen LogP contribution is 2.18. The number of aliphatic hydroxyl groups is 1. The lowest BCUT2D eigenvalue weighted by atomic mass is 10.4. The Balaban J connectivity index is 2.50. The van der Waals surface area contributed by atoms with E-state index in [0.29, 0.717) is 5.06 Å². The molecule has 0 fully saturated rings. The molecule has 0 amide bonds. The van der Waals surface area contributed by atoms with Crippen LogP contribution in [0.1, 0.15) is 6.92 Å². The van der Waals surface area contributed by atoms with Crippen molar-refractivity contribution < 1.29 is 14.6 Å². The number of rotatable bonds is 2. The van der Waals surface area contributed by atoms with Gasteiger partial charge in [-0.15, -0.1) is 11.3 Å². The fraction of sp³-hybridized carbons (Fsp3) is 0.286. The van der Waals surface area contributed by atoms with Crippen LogP contribution in [0.3, 0.4) is 0 Å². The van der Waals surface area contributed by atoms with Gasteiger partial charge in [-0.3, -0.25) is 0 Å². The number of ether oxygens (including phenoxy) is 1. The van der Waals surface area contributed by atoms with Crippen molar-refractivity contribution in [1.82, 2.24) is 0 Å². The minimum Gasteiger partial charge on any atom is -0.414 e. The predicted molar refractivity (Wildman–Crippen MR) is 41.6 cm³/mol. The quantitative estimate of drug-likeness (QED) is 0.678. The van der Waals surface area contributed by atoms with Crippen molar-refractivity contribution in [2.45, 2.75) is 13.0 Å². The molecule has 0 bridgehead atoms. The van der Waals surface area contributed by atoms with Crippen molar-refractivity contribution >= 4 is 17.3 Å². The van der Waals surface area contributed by atoms with Gasteiger partial charge in [0, 0.05) is 0 Å². The van der Waals surface area contributed by atoms with Gasteiger partial charge in [0.1, 0.15) is 6.10 Å². The van der Waals surface area contributed by atoms with Gasteiger partial charge in [0.25, 0.3) is 0 Å². The molecule has 0 aliphatic heterocycles. The molecule has 0 aliphatic rings. The summed E-state index contributed by atoms with van der Waals surface area (Å²) in [6.45, 7) is 1.37.